The molecular weight excluding hydrogens is 312 g/mol. The number of hydrogen-bond acceptors (Lipinski definition) is 5. The number of likely N-dealkylation sites (tertiary alicyclic amines) is 1. The molecule has 0 aliphatic carbocycles. The molecule has 1 heterocycles. The van der Waals surface area contributed by atoms with Gasteiger partial charge in [0.2, 0.25) is 15.9 Å². The van der Waals surface area contributed by atoms with Crippen LogP contribution in [-0.2, 0) is 24.3 Å². The van der Waals surface area contributed by atoms with Crippen LogP contribution in [0.1, 0.15) is 19.8 Å². The second kappa shape index (κ2) is 8.44. The molecule has 1 saturated heterocycles. The predicted molar refractivity (Wildman–Crippen MR) is 79.8 cm³/mol. The number of carboxylic acid groups (broad SMARTS) is 1. The predicted octanol–water partition coefficient (Wildman–Crippen LogP) is -0.488. The van der Waals surface area contributed by atoms with E-state index in [1.165, 1.54) is 12.0 Å². The first-order chi connectivity index (χ1) is 10.2. The van der Waals surface area contributed by atoms with E-state index >= 15 is 0 Å². The van der Waals surface area contributed by atoms with Gasteiger partial charge in [0, 0.05) is 26.8 Å². The second-order valence-corrected chi connectivity index (χ2v) is 7.59. The molecule has 0 radical (unpaired) electrons. The minimum absolute atomic E-state index is 0.0807. The van der Waals surface area contributed by atoms with Crippen molar-refractivity contribution in [1.29, 1.82) is 0 Å². The molecule has 2 atom stereocenters. The maximum atomic E-state index is 12.1. The Morgan fingerprint density at radius 3 is 2.64 bits per heavy atom. The van der Waals surface area contributed by atoms with Gasteiger partial charge in [0.15, 0.2) is 0 Å². The average Bonchev–Trinajstić information content (AvgIpc) is 2.44. The highest BCUT2D eigenvalue weighted by Gasteiger charge is 2.31. The summed E-state index contributed by atoms with van der Waals surface area (Å²) in [7, 11) is -2.04. The summed E-state index contributed by atoms with van der Waals surface area (Å²) < 4.78 is 30.4. The van der Waals surface area contributed by atoms with Crippen molar-refractivity contribution >= 4 is 21.9 Å². The Morgan fingerprint density at radius 1 is 1.36 bits per heavy atom. The molecule has 8 nitrogen and oxygen atoms in total. The Morgan fingerprint density at radius 2 is 2.05 bits per heavy atom. The highest BCUT2D eigenvalue weighted by molar-refractivity contribution is 7.89. The van der Waals surface area contributed by atoms with Crippen LogP contribution >= 0.6 is 0 Å². The van der Waals surface area contributed by atoms with Crippen LogP contribution in [0.4, 0.5) is 0 Å². The fourth-order valence-corrected chi connectivity index (χ4v) is 3.47. The molecule has 1 aliphatic rings. The number of rotatable bonds is 8. The van der Waals surface area contributed by atoms with E-state index in [4.69, 9.17) is 9.84 Å². The van der Waals surface area contributed by atoms with Gasteiger partial charge in [0.1, 0.15) is 0 Å². The lowest BCUT2D eigenvalue weighted by molar-refractivity contribution is -0.146. The molecule has 0 aromatic carbocycles. The molecule has 1 rings (SSSR count). The highest BCUT2D eigenvalue weighted by Crippen LogP contribution is 2.21. The zero-order chi connectivity index (χ0) is 16.8. The van der Waals surface area contributed by atoms with Gasteiger partial charge in [0.25, 0.3) is 0 Å². The van der Waals surface area contributed by atoms with Crippen molar-refractivity contribution in [2.45, 2.75) is 19.8 Å². The van der Waals surface area contributed by atoms with Gasteiger partial charge in [-0.1, -0.05) is 6.92 Å². The van der Waals surface area contributed by atoms with E-state index in [2.05, 4.69) is 4.72 Å². The number of sulfonamides is 1. The quantitative estimate of drug-likeness (QED) is 0.578. The summed E-state index contributed by atoms with van der Waals surface area (Å²) in [5.74, 6) is -1.94. The molecule has 0 bridgehead atoms. The van der Waals surface area contributed by atoms with E-state index in [0.29, 0.717) is 26.0 Å². The fourth-order valence-electron chi connectivity index (χ4n) is 2.48. The van der Waals surface area contributed by atoms with Crippen LogP contribution in [0.3, 0.4) is 0 Å². The van der Waals surface area contributed by atoms with Gasteiger partial charge in [-0.05, 0) is 18.8 Å². The summed E-state index contributed by atoms with van der Waals surface area (Å²) in [6.07, 6.45) is 0.879. The average molecular weight is 336 g/mol. The molecule has 128 valence electrons. The van der Waals surface area contributed by atoms with E-state index in [1.807, 2.05) is 6.92 Å². The topological polar surface area (TPSA) is 113 Å². The van der Waals surface area contributed by atoms with Gasteiger partial charge in [-0.25, -0.2) is 13.1 Å². The van der Waals surface area contributed by atoms with Crippen LogP contribution in [0.2, 0.25) is 0 Å². The third-order valence-corrected chi connectivity index (χ3v) is 4.98. The highest BCUT2D eigenvalue weighted by atomic mass is 32.2. The number of aliphatic carboxylic acids is 1. The standard InChI is InChI=1S/C13H24N2O6S/c1-10-6-11(13(17)18)9-15(8-10)12(16)7-14-22(19,20)5-3-4-21-2/h10-11,14H,3-9H2,1-2H3,(H,17,18). The smallest absolute Gasteiger partial charge is 0.308 e. The van der Waals surface area contributed by atoms with Crippen molar-refractivity contribution < 1.29 is 27.9 Å². The summed E-state index contributed by atoms with van der Waals surface area (Å²) in [5, 5.41) is 9.07. The molecule has 0 spiro atoms. The number of carbonyl (C=O) groups is 2. The monoisotopic (exact) mass is 336 g/mol. The van der Waals surface area contributed by atoms with Crippen LogP contribution in [-0.4, -0.2) is 69.4 Å². The minimum atomic E-state index is -3.52. The van der Waals surface area contributed by atoms with Crippen LogP contribution in [0.25, 0.3) is 0 Å². The van der Waals surface area contributed by atoms with Crippen molar-refractivity contribution in [3.8, 4) is 0 Å². The zero-order valence-corrected chi connectivity index (χ0v) is 13.8. The van der Waals surface area contributed by atoms with Crippen molar-refractivity contribution in [2.75, 3.05) is 39.1 Å². The third-order valence-electron chi connectivity index (χ3n) is 3.57. The van der Waals surface area contributed by atoms with Crippen LogP contribution < -0.4 is 4.72 Å². The Labute approximate surface area is 130 Å². The normalized spacial score (nSPS) is 22.5. The fraction of sp³-hybridized carbons (Fsp3) is 0.846. The third kappa shape index (κ3) is 6.29. The van der Waals surface area contributed by atoms with Gasteiger partial charge < -0.3 is 14.7 Å². The van der Waals surface area contributed by atoms with Crippen molar-refractivity contribution in [3.63, 3.8) is 0 Å². The molecule has 1 aliphatic heterocycles. The SMILES string of the molecule is COCCCS(=O)(=O)NCC(=O)N1CC(C)CC(C(=O)O)C1. The number of methoxy groups -OCH3 is 1. The van der Waals surface area contributed by atoms with Crippen LogP contribution in [0.15, 0.2) is 0 Å². The summed E-state index contributed by atoms with van der Waals surface area (Å²) >= 11 is 0. The zero-order valence-electron chi connectivity index (χ0n) is 12.9. The van der Waals surface area contributed by atoms with Crippen molar-refractivity contribution in [3.05, 3.63) is 0 Å². The molecule has 2 unspecified atom stereocenters. The number of hydrogen-bond donors (Lipinski definition) is 2. The van der Waals surface area contributed by atoms with Gasteiger partial charge in [-0.2, -0.15) is 0 Å². The number of nitrogens with one attached hydrogen (secondary N) is 1. The molecule has 1 amide bonds. The van der Waals surface area contributed by atoms with Crippen molar-refractivity contribution in [1.82, 2.24) is 9.62 Å². The molecule has 22 heavy (non-hydrogen) atoms. The van der Waals surface area contributed by atoms with Gasteiger partial charge in [-0.3, -0.25) is 9.59 Å². The van der Waals surface area contributed by atoms with E-state index in [0.717, 1.165) is 0 Å². The number of carboxylic acids is 1. The van der Waals surface area contributed by atoms with E-state index in [1.54, 1.807) is 0 Å². The molecule has 0 saturated carbocycles. The lowest BCUT2D eigenvalue weighted by atomic mass is 9.90. The van der Waals surface area contributed by atoms with E-state index < -0.39 is 27.8 Å². The van der Waals surface area contributed by atoms with Gasteiger partial charge in [-0.15, -0.1) is 0 Å². The molecule has 9 heteroatoms. The summed E-state index contributed by atoms with van der Waals surface area (Å²) in [4.78, 5) is 24.6. The first-order valence-electron chi connectivity index (χ1n) is 7.22. The molecular formula is C13H24N2O6S. The number of amides is 1. The van der Waals surface area contributed by atoms with Crippen molar-refractivity contribution in [2.24, 2.45) is 11.8 Å². The lowest BCUT2D eigenvalue weighted by Crippen LogP contribution is -2.49. The number of carbonyl (C=O) groups excluding carboxylic acids is 1. The van der Waals surface area contributed by atoms with Gasteiger partial charge in [0.05, 0.1) is 18.2 Å². The van der Waals surface area contributed by atoms with Gasteiger partial charge >= 0.3 is 5.97 Å². The van der Waals surface area contributed by atoms with E-state index in [-0.39, 0.29) is 24.8 Å². The molecule has 0 aromatic rings. The molecule has 1 fully saturated rings. The second-order valence-electron chi connectivity index (χ2n) is 5.66. The van der Waals surface area contributed by atoms with Crippen LogP contribution in [0.5, 0.6) is 0 Å². The summed E-state index contributed by atoms with van der Waals surface area (Å²) in [5.41, 5.74) is 0. The number of piperidine rings is 1. The lowest BCUT2D eigenvalue weighted by Gasteiger charge is -2.34. The van der Waals surface area contributed by atoms with E-state index in [9.17, 15) is 18.0 Å². The Balaban J connectivity index is 2.49. The summed E-state index contributed by atoms with van der Waals surface area (Å²) in [6.45, 7) is 2.45. The Bertz CT molecular complexity index is 493. The van der Waals surface area contributed by atoms with Crippen LogP contribution in [0, 0.1) is 11.8 Å². The number of nitrogens with zero attached hydrogens (tertiary/aromatic N) is 1. The molecule has 2 N–H and O–H groups in total. The minimum Gasteiger partial charge on any atom is -0.481 e. The Hall–Kier alpha value is -1.19. The maximum Gasteiger partial charge on any atom is 0.308 e. The summed E-state index contributed by atoms with van der Waals surface area (Å²) in [6, 6.07) is 0. The Kier molecular flexibility index (Phi) is 7.24. The first kappa shape index (κ1) is 18.9. The largest absolute Gasteiger partial charge is 0.481 e. The molecule has 0 aromatic heterocycles. The first-order valence-corrected chi connectivity index (χ1v) is 8.87. The number of ether oxygens (including phenoxy) is 1. The maximum absolute atomic E-state index is 12.1.